The molecule has 0 atom stereocenters. The molecule has 0 aliphatic carbocycles. The zero-order valence-corrected chi connectivity index (χ0v) is 21.6. The van der Waals surface area contributed by atoms with Crippen LogP contribution in [-0.4, -0.2) is 0 Å². The third-order valence-electron chi connectivity index (χ3n) is 5.86. The number of nitrogens with zero attached hydrogens (tertiary/aromatic N) is 3. The van der Waals surface area contributed by atoms with E-state index in [9.17, 15) is 30.0 Å². The molecule has 0 saturated carbocycles. The Kier molecular flexibility index (Phi) is 9.96. The average molecular weight is 572 g/mol. The zero-order valence-electron chi connectivity index (χ0n) is 20.5. The van der Waals surface area contributed by atoms with Crippen molar-refractivity contribution in [2.24, 2.45) is 15.5 Å². The van der Waals surface area contributed by atoms with E-state index in [0.29, 0.717) is 16.2 Å². The van der Waals surface area contributed by atoms with Crippen molar-refractivity contribution in [3.8, 4) is 17.2 Å². The fourth-order valence-electron chi connectivity index (χ4n) is 3.99. The first-order chi connectivity index (χ1) is 19.0. The Morgan fingerprint density at radius 1 is 0.375 bits per heavy atom. The largest absolute Gasteiger partial charge is 0.871 e. The molecule has 6 aromatic rings. The molecule has 0 fully saturated rings. The van der Waals surface area contributed by atoms with Crippen LogP contribution in [0.2, 0.25) is 0 Å². The summed E-state index contributed by atoms with van der Waals surface area (Å²) in [6.07, 6.45) is 0. The SMILES string of the molecule is O=Nc1c([O-])ccc2ccccc12.O=Nc1c([O-])ccc2ccccc12.O=Nc1c([O-])ccc2ccccc12.[Fe]. The molecule has 0 N–H and O–H groups in total. The smallest absolute Gasteiger partial charge is 0.107 e. The number of nitroso groups, excluding NO2 is 3. The van der Waals surface area contributed by atoms with Crippen LogP contribution in [0.3, 0.4) is 0 Å². The second-order valence-corrected chi connectivity index (χ2v) is 8.17. The molecule has 10 heteroatoms. The molecule has 0 heterocycles. The predicted molar refractivity (Wildman–Crippen MR) is 147 cm³/mol. The molecule has 0 radical (unpaired) electrons. The van der Waals surface area contributed by atoms with Gasteiger partial charge in [0, 0.05) is 33.2 Å². The van der Waals surface area contributed by atoms with Gasteiger partial charge in [-0.05, 0) is 31.7 Å². The molecule has 40 heavy (non-hydrogen) atoms. The first kappa shape index (κ1) is 29.4. The van der Waals surface area contributed by atoms with Gasteiger partial charge in [0.25, 0.3) is 0 Å². The Morgan fingerprint density at radius 2 is 0.625 bits per heavy atom. The van der Waals surface area contributed by atoms with E-state index in [2.05, 4.69) is 15.5 Å². The number of hydrogen-bond donors (Lipinski definition) is 0. The summed E-state index contributed by atoms with van der Waals surface area (Å²) in [6.45, 7) is 0. The van der Waals surface area contributed by atoms with E-state index in [1.165, 1.54) is 18.2 Å². The zero-order chi connectivity index (χ0) is 27.8. The van der Waals surface area contributed by atoms with Gasteiger partial charge in [-0.3, -0.25) is 0 Å². The van der Waals surface area contributed by atoms with E-state index in [4.69, 9.17) is 0 Å². The minimum absolute atomic E-state index is 0. The van der Waals surface area contributed by atoms with Gasteiger partial charge >= 0.3 is 0 Å². The van der Waals surface area contributed by atoms with Crippen molar-refractivity contribution in [2.45, 2.75) is 0 Å². The number of benzene rings is 6. The van der Waals surface area contributed by atoms with E-state index >= 15 is 0 Å². The van der Waals surface area contributed by atoms with Crippen LogP contribution in [-0.2, 0) is 17.1 Å². The number of rotatable bonds is 3. The number of fused-ring (bicyclic) bond motifs is 3. The van der Waals surface area contributed by atoms with Crippen molar-refractivity contribution in [1.29, 1.82) is 0 Å². The van der Waals surface area contributed by atoms with Crippen molar-refractivity contribution in [3.63, 3.8) is 0 Å². The topological polar surface area (TPSA) is 157 Å². The molecular formula is C30H18FeN3O6-3. The van der Waals surface area contributed by atoms with Crippen molar-refractivity contribution < 1.29 is 32.4 Å². The van der Waals surface area contributed by atoms with Crippen LogP contribution in [0.4, 0.5) is 17.1 Å². The maximum atomic E-state index is 11.2. The minimum atomic E-state index is -0.325. The molecule has 0 spiro atoms. The first-order valence-electron chi connectivity index (χ1n) is 11.5. The molecule has 0 bridgehead atoms. The third kappa shape index (κ3) is 6.27. The van der Waals surface area contributed by atoms with Crippen LogP contribution in [0.5, 0.6) is 17.2 Å². The molecule has 9 nitrogen and oxygen atoms in total. The van der Waals surface area contributed by atoms with Crippen LogP contribution in [0, 0.1) is 14.7 Å². The third-order valence-corrected chi connectivity index (χ3v) is 5.86. The fourth-order valence-corrected chi connectivity index (χ4v) is 3.99. The summed E-state index contributed by atoms with van der Waals surface area (Å²) < 4.78 is 0. The summed E-state index contributed by atoms with van der Waals surface area (Å²) in [5, 5.41) is 46.1. The Hall–Kier alpha value is -5.18. The monoisotopic (exact) mass is 572 g/mol. The van der Waals surface area contributed by atoms with Gasteiger partial charge in [0.15, 0.2) is 0 Å². The van der Waals surface area contributed by atoms with Crippen molar-refractivity contribution in [3.05, 3.63) is 124 Å². The van der Waals surface area contributed by atoms with E-state index in [1.54, 1.807) is 54.6 Å². The quantitative estimate of drug-likeness (QED) is 0.165. The summed E-state index contributed by atoms with van der Waals surface area (Å²) in [5.74, 6) is -0.976. The Labute approximate surface area is 238 Å². The summed E-state index contributed by atoms with van der Waals surface area (Å²) in [4.78, 5) is 31.2. The van der Waals surface area contributed by atoms with Gasteiger partial charge in [-0.15, -0.1) is 14.7 Å². The van der Waals surface area contributed by atoms with Crippen LogP contribution in [0.25, 0.3) is 32.3 Å². The summed E-state index contributed by atoms with van der Waals surface area (Å²) >= 11 is 0. The van der Waals surface area contributed by atoms with E-state index in [-0.39, 0.29) is 51.4 Å². The average Bonchev–Trinajstić information content (AvgIpc) is 2.98. The van der Waals surface area contributed by atoms with Gasteiger partial charge < -0.3 is 15.3 Å². The summed E-state index contributed by atoms with van der Waals surface area (Å²) in [5.41, 5.74) is -0.00528. The van der Waals surface area contributed by atoms with E-state index < -0.39 is 0 Å². The fraction of sp³-hybridized carbons (Fsp3) is 0. The summed E-state index contributed by atoms with van der Waals surface area (Å²) in [7, 11) is 0. The Morgan fingerprint density at radius 3 is 0.875 bits per heavy atom. The van der Waals surface area contributed by atoms with E-state index in [1.807, 2.05) is 36.4 Å². The molecular weight excluding hydrogens is 554 g/mol. The molecule has 6 rings (SSSR count). The van der Waals surface area contributed by atoms with Gasteiger partial charge in [-0.25, -0.2) is 0 Å². The molecule has 0 aliphatic heterocycles. The molecule has 200 valence electrons. The van der Waals surface area contributed by atoms with Crippen molar-refractivity contribution in [2.75, 3.05) is 0 Å². The standard InChI is InChI=1S/3C10H7NO2.Fe/c3*12-9-6-5-7-3-1-2-4-8(7)10(9)11-13;/h3*1-6,12H;/p-3. The second kappa shape index (κ2) is 13.6. The second-order valence-electron chi connectivity index (χ2n) is 8.17. The Balaban J connectivity index is 0.000000163. The van der Waals surface area contributed by atoms with Gasteiger partial charge in [0.05, 0.1) is 0 Å². The minimum Gasteiger partial charge on any atom is -0.871 e. The van der Waals surface area contributed by atoms with Crippen LogP contribution >= 0.6 is 0 Å². The molecule has 0 aromatic heterocycles. The van der Waals surface area contributed by atoms with Crippen LogP contribution in [0.1, 0.15) is 0 Å². The summed E-state index contributed by atoms with van der Waals surface area (Å²) in [6, 6.07) is 30.7. The maximum Gasteiger partial charge on any atom is 0.107 e. The van der Waals surface area contributed by atoms with E-state index in [0.717, 1.165) is 16.2 Å². The van der Waals surface area contributed by atoms with Gasteiger partial charge in [0.2, 0.25) is 0 Å². The molecule has 0 unspecified atom stereocenters. The van der Waals surface area contributed by atoms with Crippen molar-refractivity contribution >= 4 is 49.4 Å². The van der Waals surface area contributed by atoms with Crippen molar-refractivity contribution in [1.82, 2.24) is 0 Å². The normalized spacial score (nSPS) is 9.90. The molecule has 6 aromatic carbocycles. The maximum absolute atomic E-state index is 11.2. The number of hydrogen-bond acceptors (Lipinski definition) is 9. The first-order valence-corrected chi connectivity index (χ1v) is 11.5. The van der Waals surface area contributed by atoms with Crippen LogP contribution in [0.15, 0.2) is 125 Å². The molecule has 0 amide bonds. The molecule has 0 saturated heterocycles. The Bertz CT molecular complexity index is 1620. The van der Waals surface area contributed by atoms with Gasteiger partial charge in [-0.1, -0.05) is 126 Å². The van der Waals surface area contributed by atoms with Gasteiger partial charge in [-0.2, -0.15) is 0 Å². The van der Waals surface area contributed by atoms with Gasteiger partial charge in [0.1, 0.15) is 17.1 Å². The predicted octanol–water partition coefficient (Wildman–Crippen LogP) is 6.93. The van der Waals surface area contributed by atoms with Crippen LogP contribution < -0.4 is 15.3 Å². The molecule has 0 aliphatic rings.